The van der Waals surface area contributed by atoms with E-state index in [-0.39, 0.29) is 36.2 Å². The van der Waals surface area contributed by atoms with Gasteiger partial charge in [0, 0.05) is 13.1 Å². The Bertz CT molecular complexity index is 1290. The van der Waals surface area contributed by atoms with Crippen LogP contribution < -0.4 is 20.3 Å². The van der Waals surface area contributed by atoms with E-state index >= 15 is 0 Å². The zero-order chi connectivity index (χ0) is 24.8. The van der Waals surface area contributed by atoms with Crippen molar-refractivity contribution < 1.29 is 19.1 Å². The van der Waals surface area contributed by atoms with E-state index in [1.807, 2.05) is 18.2 Å². The van der Waals surface area contributed by atoms with Gasteiger partial charge in [-0.05, 0) is 42.7 Å². The lowest BCUT2D eigenvalue weighted by Crippen LogP contribution is -2.39. The summed E-state index contributed by atoms with van der Waals surface area (Å²) in [5.41, 5.74) is 1.19. The van der Waals surface area contributed by atoms with Gasteiger partial charge in [-0.25, -0.2) is 4.98 Å². The number of benzene rings is 2. The molecule has 2 aromatic carbocycles. The molecule has 0 saturated carbocycles. The monoisotopic (exact) mass is 496 g/mol. The van der Waals surface area contributed by atoms with E-state index in [4.69, 9.17) is 9.47 Å². The number of amides is 2. The molecule has 1 saturated heterocycles. The lowest BCUT2D eigenvalue weighted by atomic mass is 10.2. The minimum atomic E-state index is -0.289. The number of para-hydroxylation sites is 1. The maximum atomic E-state index is 13.3. The number of carbonyl (C=O) groups is 2. The average molecular weight is 497 g/mol. The molecule has 35 heavy (non-hydrogen) atoms. The van der Waals surface area contributed by atoms with Crippen molar-refractivity contribution in [2.75, 3.05) is 39.6 Å². The summed E-state index contributed by atoms with van der Waals surface area (Å²) < 4.78 is 12.2. The van der Waals surface area contributed by atoms with Crippen LogP contribution in [0.4, 0.5) is 0 Å². The summed E-state index contributed by atoms with van der Waals surface area (Å²) in [5.74, 6) is 0.819. The molecule has 184 valence electrons. The highest BCUT2D eigenvalue weighted by Gasteiger charge is 2.19. The Morgan fingerprint density at radius 3 is 2.54 bits per heavy atom. The van der Waals surface area contributed by atoms with E-state index in [1.54, 1.807) is 48.0 Å². The molecule has 3 aromatic rings. The molecule has 0 unspecified atom stereocenters. The van der Waals surface area contributed by atoms with Crippen LogP contribution in [0.5, 0.6) is 11.5 Å². The molecule has 1 N–H and O–H groups in total. The van der Waals surface area contributed by atoms with Crippen LogP contribution in [0.1, 0.15) is 18.4 Å². The van der Waals surface area contributed by atoms with Crippen molar-refractivity contribution in [3.63, 3.8) is 0 Å². The minimum absolute atomic E-state index is 0.0248. The van der Waals surface area contributed by atoms with E-state index in [2.05, 4.69) is 10.3 Å². The van der Waals surface area contributed by atoms with Gasteiger partial charge in [-0.3, -0.25) is 19.0 Å². The fourth-order valence-electron chi connectivity index (χ4n) is 3.99. The van der Waals surface area contributed by atoms with Crippen molar-refractivity contribution in [2.24, 2.45) is 0 Å². The Hall–Kier alpha value is -3.53. The molecule has 1 aliphatic rings. The number of methoxy groups -OCH3 is 2. The Kier molecular flexibility index (Phi) is 7.91. The van der Waals surface area contributed by atoms with Crippen molar-refractivity contribution >= 4 is 34.5 Å². The van der Waals surface area contributed by atoms with Crippen LogP contribution in [0.15, 0.2) is 52.4 Å². The molecule has 1 aromatic heterocycles. The van der Waals surface area contributed by atoms with Gasteiger partial charge in [-0.15, -0.1) is 0 Å². The number of rotatable bonds is 9. The highest BCUT2D eigenvalue weighted by atomic mass is 32.2. The molecular formula is C25H28N4O5S. The number of hydrogen-bond donors (Lipinski definition) is 1. The number of fused-ring (bicyclic) bond motifs is 1. The van der Waals surface area contributed by atoms with Gasteiger partial charge in [-0.1, -0.05) is 30.0 Å². The summed E-state index contributed by atoms with van der Waals surface area (Å²) in [6.45, 7) is 1.71. The highest BCUT2D eigenvalue weighted by Crippen LogP contribution is 2.28. The summed E-state index contributed by atoms with van der Waals surface area (Å²) in [7, 11) is 3.12. The second-order valence-electron chi connectivity index (χ2n) is 8.15. The van der Waals surface area contributed by atoms with Gasteiger partial charge in [0.25, 0.3) is 5.56 Å². The highest BCUT2D eigenvalue weighted by molar-refractivity contribution is 7.99. The molecular weight excluding hydrogens is 468 g/mol. The number of thioether (sulfide) groups is 1. The molecule has 0 atom stereocenters. The number of nitrogens with zero attached hydrogens (tertiary/aromatic N) is 3. The quantitative estimate of drug-likeness (QED) is 0.358. The van der Waals surface area contributed by atoms with Crippen LogP contribution in [-0.2, 0) is 16.1 Å². The van der Waals surface area contributed by atoms with E-state index in [9.17, 15) is 14.4 Å². The van der Waals surface area contributed by atoms with Crippen LogP contribution in [0.3, 0.4) is 0 Å². The van der Waals surface area contributed by atoms with Crippen LogP contribution >= 0.6 is 11.8 Å². The predicted molar refractivity (Wildman–Crippen MR) is 134 cm³/mol. The van der Waals surface area contributed by atoms with Gasteiger partial charge in [0.05, 0.1) is 44.0 Å². The fraction of sp³-hybridized carbons (Fsp3) is 0.360. The van der Waals surface area contributed by atoms with Crippen molar-refractivity contribution in [2.45, 2.75) is 24.5 Å². The summed E-state index contributed by atoms with van der Waals surface area (Å²) in [6.07, 6.45) is 2.00. The third-order valence-electron chi connectivity index (χ3n) is 5.84. The van der Waals surface area contributed by atoms with Gasteiger partial charge in [-0.2, -0.15) is 0 Å². The topological polar surface area (TPSA) is 103 Å². The minimum Gasteiger partial charge on any atom is -0.493 e. The number of aromatic nitrogens is 2. The first-order valence-corrected chi connectivity index (χ1v) is 12.4. The molecule has 9 nitrogen and oxygen atoms in total. The van der Waals surface area contributed by atoms with E-state index < -0.39 is 0 Å². The number of likely N-dealkylation sites (tertiary alicyclic amines) is 1. The average Bonchev–Trinajstić information content (AvgIpc) is 3.43. The molecule has 0 aliphatic carbocycles. The molecule has 2 amide bonds. The molecule has 0 radical (unpaired) electrons. The summed E-state index contributed by atoms with van der Waals surface area (Å²) in [5, 5.41) is 3.60. The zero-order valence-electron chi connectivity index (χ0n) is 19.8. The maximum Gasteiger partial charge on any atom is 0.262 e. The molecule has 1 fully saturated rings. The third kappa shape index (κ3) is 5.76. The molecule has 10 heteroatoms. The lowest BCUT2D eigenvalue weighted by molar-refractivity contribution is -0.131. The van der Waals surface area contributed by atoms with E-state index in [0.717, 1.165) is 43.3 Å². The molecule has 2 heterocycles. The molecule has 0 spiro atoms. The fourth-order valence-corrected chi connectivity index (χ4v) is 4.82. The van der Waals surface area contributed by atoms with Gasteiger partial charge in [0.1, 0.15) is 0 Å². The summed E-state index contributed by atoms with van der Waals surface area (Å²) in [4.78, 5) is 44.4. The Labute approximate surface area is 207 Å². The van der Waals surface area contributed by atoms with Crippen LogP contribution in [0.25, 0.3) is 10.9 Å². The summed E-state index contributed by atoms with van der Waals surface area (Å²) >= 11 is 1.16. The Morgan fingerprint density at radius 1 is 1.06 bits per heavy atom. The Morgan fingerprint density at radius 2 is 1.80 bits per heavy atom. The van der Waals surface area contributed by atoms with Crippen molar-refractivity contribution in [3.8, 4) is 11.5 Å². The number of nitrogens with one attached hydrogen (secondary N) is 1. The number of ether oxygens (including phenoxy) is 2. The SMILES string of the molecule is COc1ccc(Cn2c(SCC(=O)NCC(=O)N3CCCC3)nc3ccccc3c2=O)cc1OC. The number of carbonyl (C=O) groups excluding carboxylic acids is 2. The van der Waals surface area contributed by atoms with Gasteiger partial charge in [0.15, 0.2) is 16.7 Å². The first-order chi connectivity index (χ1) is 17.0. The standard InChI is InChI=1S/C25H28N4O5S/c1-33-20-10-9-17(13-21(20)34-2)15-29-24(32)18-7-3-4-8-19(18)27-25(29)35-16-22(30)26-14-23(31)28-11-5-6-12-28/h3-4,7-10,13H,5-6,11-12,14-16H2,1-2H3,(H,26,30). The summed E-state index contributed by atoms with van der Waals surface area (Å²) in [6, 6.07) is 12.6. The van der Waals surface area contributed by atoms with Crippen molar-refractivity contribution in [1.29, 1.82) is 0 Å². The third-order valence-corrected chi connectivity index (χ3v) is 6.82. The smallest absolute Gasteiger partial charge is 0.262 e. The van der Waals surface area contributed by atoms with E-state index in [0.29, 0.717) is 27.6 Å². The van der Waals surface area contributed by atoms with Crippen molar-refractivity contribution in [1.82, 2.24) is 19.8 Å². The van der Waals surface area contributed by atoms with Gasteiger partial charge in [0.2, 0.25) is 11.8 Å². The van der Waals surface area contributed by atoms with E-state index in [1.165, 1.54) is 0 Å². The second kappa shape index (κ2) is 11.3. The normalized spacial score (nSPS) is 13.1. The zero-order valence-corrected chi connectivity index (χ0v) is 20.6. The molecule has 1 aliphatic heterocycles. The van der Waals surface area contributed by atoms with Gasteiger partial charge < -0.3 is 19.7 Å². The first-order valence-electron chi connectivity index (χ1n) is 11.4. The number of hydrogen-bond acceptors (Lipinski definition) is 7. The maximum absolute atomic E-state index is 13.3. The van der Waals surface area contributed by atoms with Crippen LogP contribution in [0, 0.1) is 0 Å². The predicted octanol–water partition coefficient (Wildman–Crippen LogP) is 2.29. The lowest BCUT2D eigenvalue weighted by Gasteiger charge is -2.16. The van der Waals surface area contributed by atoms with Crippen LogP contribution in [-0.4, -0.2) is 65.9 Å². The second-order valence-corrected chi connectivity index (χ2v) is 9.09. The largest absolute Gasteiger partial charge is 0.493 e. The van der Waals surface area contributed by atoms with Crippen LogP contribution in [0.2, 0.25) is 0 Å². The Balaban J connectivity index is 1.53. The van der Waals surface area contributed by atoms with Gasteiger partial charge >= 0.3 is 0 Å². The molecule has 4 rings (SSSR count). The van der Waals surface area contributed by atoms with Crippen molar-refractivity contribution in [3.05, 3.63) is 58.4 Å². The molecule has 0 bridgehead atoms. The first kappa shape index (κ1) is 24.6.